The van der Waals surface area contributed by atoms with Gasteiger partial charge in [0, 0.05) is 5.54 Å². The van der Waals surface area contributed by atoms with Crippen molar-refractivity contribution in [3.63, 3.8) is 0 Å². The predicted molar refractivity (Wildman–Crippen MR) is 122 cm³/mol. The zero-order valence-electron chi connectivity index (χ0n) is 19.8. The topological polar surface area (TPSA) is 46.2 Å². The second-order valence-electron chi connectivity index (χ2n) is 12.5. The molecule has 0 spiro atoms. The van der Waals surface area contributed by atoms with E-state index in [-0.39, 0.29) is 17.1 Å². The van der Waals surface area contributed by atoms with Gasteiger partial charge in [-0.05, 0) is 91.8 Å². The van der Waals surface area contributed by atoms with E-state index in [1.54, 1.807) is 0 Å². The molecule has 0 aromatic carbocycles. The zero-order valence-corrected chi connectivity index (χ0v) is 19.8. The average Bonchev–Trinajstić information content (AvgIpc) is 3.00. The van der Waals surface area contributed by atoms with Gasteiger partial charge >= 0.3 is 0 Å². The highest BCUT2D eigenvalue weighted by atomic mass is 16.3. The molecule has 4 rings (SSSR count). The molecule has 3 saturated carbocycles. The Kier molecular flexibility index (Phi) is 5.78. The fourth-order valence-corrected chi connectivity index (χ4v) is 8.88. The molecule has 2 nitrogen and oxygen atoms in total. The molecule has 3 fully saturated rings. The van der Waals surface area contributed by atoms with E-state index in [0.717, 1.165) is 43.4 Å². The Hall–Kier alpha value is -0.340. The van der Waals surface area contributed by atoms with Gasteiger partial charge in [0.2, 0.25) is 0 Å². The Bertz CT molecular complexity index is 640. The minimum Gasteiger partial charge on any atom is -0.393 e. The summed E-state index contributed by atoms with van der Waals surface area (Å²) < 4.78 is 0. The molecule has 0 saturated heterocycles. The van der Waals surface area contributed by atoms with Crippen LogP contribution in [0.25, 0.3) is 0 Å². The lowest BCUT2D eigenvalue weighted by atomic mass is 9.44. The maximum atomic E-state index is 10.2. The van der Waals surface area contributed by atoms with Crippen LogP contribution in [0, 0.1) is 40.4 Å². The summed E-state index contributed by atoms with van der Waals surface area (Å²) in [4.78, 5) is 0. The quantitative estimate of drug-likeness (QED) is 0.519. The summed E-state index contributed by atoms with van der Waals surface area (Å²) in [6, 6.07) is 0. The van der Waals surface area contributed by atoms with E-state index in [4.69, 9.17) is 5.73 Å². The van der Waals surface area contributed by atoms with Crippen molar-refractivity contribution in [2.45, 2.75) is 117 Å². The normalized spacial score (nSPS) is 47.9. The number of aliphatic hydroxyl groups excluding tert-OH is 1. The van der Waals surface area contributed by atoms with Gasteiger partial charge in [-0.15, -0.1) is 0 Å². The first-order valence-corrected chi connectivity index (χ1v) is 12.8. The molecule has 3 N–H and O–H groups in total. The van der Waals surface area contributed by atoms with Crippen LogP contribution in [0.1, 0.15) is 105 Å². The second kappa shape index (κ2) is 7.66. The van der Waals surface area contributed by atoms with Gasteiger partial charge in [0.1, 0.15) is 0 Å². The van der Waals surface area contributed by atoms with E-state index >= 15 is 0 Å². The van der Waals surface area contributed by atoms with Crippen molar-refractivity contribution < 1.29 is 5.11 Å². The first-order valence-electron chi connectivity index (χ1n) is 12.8. The van der Waals surface area contributed by atoms with Crippen LogP contribution in [-0.4, -0.2) is 16.7 Å². The monoisotopic (exact) mass is 401 g/mol. The number of rotatable bonds is 5. The van der Waals surface area contributed by atoms with Gasteiger partial charge in [0.05, 0.1) is 6.10 Å². The summed E-state index contributed by atoms with van der Waals surface area (Å²) in [5.74, 6) is 3.80. The highest BCUT2D eigenvalue weighted by Gasteiger charge is 2.64. The van der Waals surface area contributed by atoms with Crippen molar-refractivity contribution in [3.05, 3.63) is 11.6 Å². The molecule has 0 aromatic rings. The molecule has 2 heteroatoms. The molecule has 0 bridgehead atoms. The minimum absolute atomic E-state index is 0.0278. The summed E-state index contributed by atoms with van der Waals surface area (Å²) in [7, 11) is 0. The Morgan fingerprint density at radius 2 is 1.79 bits per heavy atom. The van der Waals surface area contributed by atoms with Crippen LogP contribution >= 0.6 is 0 Å². The van der Waals surface area contributed by atoms with Crippen LogP contribution in [0.15, 0.2) is 11.6 Å². The molecule has 0 aromatic heterocycles. The lowest BCUT2D eigenvalue weighted by Crippen LogP contribution is -2.66. The van der Waals surface area contributed by atoms with E-state index in [2.05, 4.69) is 40.7 Å². The standard InChI is InChI=1S/C27H47NO/c1-18(2)7-6-8-19(3)22-9-10-23-26(22,5)15-13-24-25(4)14-12-21(29)17-20(25)11-16-27(23,24)28/h11,18-19,21-24,29H,6-10,12-17,28H2,1-5H3/t19-,21+,22-,23-,24-,25+,26-,27-/m1/s1. The summed E-state index contributed by atoms with van der Waals surface area (Å²) in [5.41, 5.74) is 9.62. The van der Waals surface area contributed by atoms with Crippen molar-refractivity contribution >= 4 is 0 Å². The van der Waals surface area contributed by atoms with Crippen molar-refractivity contribution in [2.24, 2.45) is 46.2 Å². The lowest BCUT2D eigenvalue weighted by Gasteiger charge is -2.63. The summed E-state index contributed by atoms with van der Waals surface area (Å²) >= 11 is 0. The third kappa shape index (κ3) is 3.45. The van der Waals surface area contributed by atoms with Gasteiger partial charge in [-0.25, -0.2) is 0 Å². The highest BCUT2D eigenvalue weighted by Crippen LogP contribution is 2.68. The van der Waals surface area contributed by atoms with Gasteiger partial charge in [-0.3, -0.25) is 0 Å². The SMILES string of the molecule is CC(C)CCC[C@@H](C)[C@H]1CC[C@@H]2[C@]1(C)CC[C@H]1[C@@]2(N)CC=C2C[C@@H](O)CC[C@@]21C. The first-order chi connectivity index (χ1) is 13.6. The molecule has 0 radical (unpaired) electrons. The summed E-state index contributed by atoms with van der Waals surface area (Å²) in [5, 5.41) is 10.2. The fourth-order valence-electron chi connectivity index (χ4n) is 8.88. The van der Waals surface area contributed by atoms with Crippen LogP contribution in [0.5, 0.6) is 0 Å². The van der Waals surface area contributed by atoms with Crippen molar-refractivity contribution in [2.75, 3.05) is 0 Å². The molecule has 4 aliphatic carbocycles. The third-order valence-electron chi connectivity index (χ3n) is 10.5. The van der Waals surface area contributed by atoms with Crippen LogP contribution in [0.4, 0.5) is 0 Å². The summed E-state index contributed by atoms with van der Waals surface area (Å²) in [6.45, 7) is 12.3. The van der Waals surface area contributed by atoms with Crippen molar-refractivity contribution in [3.8, 4) is 0 Å². The number of hydrogen-bond acceptors (Lipinski definition) is 2. The van der Waals surface area contributed by atoms with Crippen LogP contribution in [0.2, 0.25) is 0 Å². The smallest absolute Gasteiger partial charge is 0.0577 e. The van der Waals surface area contributed by atoms with Gasteiger partial charge < -0.3 is 10.8 Å². The summed E-state index contributed by atoms with van der Waals surface area (Å²) in [6.07, 6.45) is 15.9. The molecule has 8 atom stereocenters. The molecule has 0 heterocycles. The van der Waals surface area contributed by atoms with Gasteiger partial charge in [-0.1, -0.05) is 65.5 Å². The number of fused-ring (bicyclic) bond motifs is 5. The fraction of sp³-hybridized carbons (Fsp3) is 0.926. The van der Waals surface area contributed by atoms with Crippen LogP contribution in [0.3, 0.4) is 0 Å². The number of hydrogen-bond donors (Lipinski definition) is 2. The maximum absolute atomic E-state index is 10.2. The maximum Gasteiger partial charge on any atom is 0.0577 e. The second-order valence-corrected chi connectivity index (χ2v) is 12.5. The zero-order chi connectivity index (χ0) is 21.0. The predicted octanol–water partition coefficient (Wildman–Crippen LogP) is 6.47. The molecular weight excluding hydrogens is 354 g/mol. The van der Waals surface area contributed by atoms with E-state index in [0.29, 0.717) is 17.3 Å². The molecule has 0 aliphatic heterocycles. The highest BCUT2D eigenvalue weighted by molar-refractivity contribution is 5.30. The molecule has 4 aliphatic rings. The molecular formula is C27H47NO. The Morgan fingerprint density at radius 3 is 2.52 bits per heavy atom. The lowest BCUT2D eigenvalue weighted by molar-refractivity contribution is -0.0738. The number of nitrogens with two attached hydrogens (primary N) is 1. The molecule has 166 valence electrons. The molecule has 0 amide bonds. The Labute approximate surface area is 180 Å². The van der Waals surface area contributed by atoms with Crippen molar-refractivity contribution in [1.29, 1.82) is 0 Å². The third-order valence-corrected chi connectivity index (χ3v) is 10.5. The Morgan fingerprint density at radius 1 is 1.03 bits per heavy atom. The van der Waals surface area contributed by atoms with E-state index in [1.165, 1.54) is 50.5 Å². The number of aliphatic hydroxyl groups is 1. The largest absolute Gasteiger partial charge is 0.393 e. The minimum atomic E-state index is -0.129. The van der Waals surface area contributed by atoms with Gasteiger partial charge in [-0.2, -0.15) is 0 Å². The van der Waals surface area contributed by atoms with Crippen LogP contribution < -0.4 is 5.73 Å². The van der Waals surface area contributed by atoms with E-state index in [9.17, 15) is 5.11 Å². The Balaban J connectivity index is 1.55. The van der Waals surface area contributed by atoms with Crippen LogP contribution in [-0.2, 0) is 0 Å². The van der Waals surface area contributed by atoms with Gasteiger partial charge in [0.15, 0.2) is 0 Å². The molecule has 0 unspecified atom stereocenters. The first kappa shape index (κ1) is 21.9. The van der Waals surface area contributed by atoms with Crippen molar-refractivity contribution in [1.82, 2.24) is 0 Å². The molecule has 29 heavy (non-hydrogen) atoms. The average molecular weight is 402 g/mol. The van der Waals surface area contributed by atoms with Gasteiger partial charge in [0.25, 0.3) is 0 Å². The van der Waals surface area contributed by atoms with E-state index in [1.807, 2.05) is 0 Å². The van der Waals surface area contributed by atoms with E-state index < -0.39 is 0 Å².